The highest BCUT2D eigenvalue weighted by molar-refractivity contribution is 7.88. The van der Waals surface area contributed by atoms with Crippen LogP contribution >= 0.6 is 0 Å². The molecule has 0 aliphatic carbocycles. The molecule has 3 fully saturated rings. The van der Waals surface area contributed by atoms with Crippen molar-refractivity contribution in [1.29, 1.82) is 5.26 Å². The number of nitriles is 1. The van der Waals surface area contributed by atoms with Crippen molar-refractivity contribution in [3.63, 3.8) is 0 Å². The first-order chi connectivity index (χ1) is 24.1. The lowest BCUT2D eigenvalue weighted by atomic mass is 9.72. The van der Waals surface area contributed by atoms with Crippen LogP contribution in [-0.4, -0.2) is 108 Å². The molecule has 272 valence electrons. The maximum Gasteiger partial charge on any atom is 0.393 e. The normalized spacial score (nSPS) is 19.8. The number of alkyl halides is 3. The van der Waals surface area contributed by atoms with Gasteiger partial charge in [0.05, 0.1) is 18.2 Å². The van der Waals surface area contributed by atoms with Gasteiger partial charge in [-0.25, -0.2) is 22.8 Å². The average molecular weight is 727 g/mol. The molecule has 2 aromatic heterocycles. The smallest absolute Gasteiger partial charge is 0.355 e. The van der Waals surface area contributed by atoms with Crippen molar-refractivity contribution >= 4 is 37.6 Å². The maximum atomic E-state index is 14.4. The van der Waals surface area contributed by atoms with Crippen molar-refractivity contribution < 1.29 is 26.0 Å². The predicted octanol–water partition coefficient (Wildman–Crippen LogP) is 5.08. The monoisotopic (exact) mass is 726 g/mol. The van der Waals surface area contributed by atoms with E-state index in [1.807, 2.05) is 6.07 Å². The van der Waals surface area contributed by atoms with Crippen molar-refractivity contribution in [1.82, 2.24) is 28.6 Å². The third-order valence-electron chi connectivity index (χ3n) is 11.2. The Bertz CT molecular complexity index is 2110. The van der Waals surface area contributed by atoms with E-state index in [2.05, 4.69) is 61.3 Å². The highest BCUT2D eigenvalue weighted by Gasteiger charge is 2.46. The first-order valence-electron chi connectivity index (χ1n) is 17.3. The van der Waals surface area contributed by atoms with E-state index in [9.17, 15) is 31.2 Å². The molecule has 0 saturated carbocycles. The summed E-state index contributed by atoms with van der Waals surface area (Å²) in [5.41, 5.74) is 3.99. The summed E-state index contributed by atoms with van der Waals surface area (Å²) in [6.07, 6.45) is -1.31. The standard InChI is InChI=1S/C36H42F4N8O2S/c1-24(45-10-12-47(13-11-45)51(3,49)50)19-48-28(18-41)15-29-25(2)26(4-5-33(29)48)20-44-8-6-35(7-9-44)21-46(22-35)34-30-14-27(17-36(38,39)40)31(37)16-32(30)42-23-43-34/h4-5,14-16,23-24H,6-13,17,19-22H2,1-3H3. The topological polar surface area (TPSA) is 102 Å². The number of aromatic nitrogens is 3. The van der Waals surface area contributed by atoms with Gasteiger partial charge in [-0.1, -0.05) is 6.07 Å². The Morgan fingerprint density at radius 3 is 2.33 bits per heavy atom. The lowest BCUT2D eigenvalue weighted by Gasteiger charge is -2.54. The van der Waals surface area contributed by atoms with Gasteiger partial charge in [0.25, 0.3) is 0 Å². The predicted molar refractivity (Wildman–Crippen MR) is 187 cm³/mol. The van der Waals surface area contributed by atoms with E-state index >= 15 is 0 Å². The molecule has 2 aromatic carbocycles. The number of piperazine rings is 1. The number of likely N-dealkylation sites (tertiary alicyclic amines) is 1. The van der Waals surface area contributed by atoms with Gasteiger partial charge in [-0.2, -0.15) is 22.7 Å². The Morgan fingerprint density at radius 1 is 0.980 bits per heavy atom. The third-order valence-corrected chi connectivity index (χ3v) is 12.5. The van der Waals surface area contributed by atoms with Gasteiger partial charge in [-0.15, -0.1) is 0 Å². The highest BCUT2D eigenvalue weighted by Crippen LogP contribution is 2.44. The average Bonchev–Trinajstić information content (AvgIpc) is 3.42. The summed E-state index contributed by atoms with van der Waals surface area (Å²) in [5, 5.41) is 11.5. The van der Waals surface area contributed by atoms with Crippen LogP contribution in [-0.2, 0) is 29.5 Å². The van der Waals surface area contributed by atoms with Crippen LogP contribution in [0.3, 0.4) is 0 Å². The maximum absolute atomic E-state index is 14.4. The molecule has 0 N–H and O–H groups in total. The van der Waals surface area contributed by atoms with Crippen LogP contribution in [0.2, 0.25) is 0 Å². The lowest BCUT2D eigenvalue weighted by molar-refractivity contribution is -0.127. The van der Waals surface area contributed by atoms with Crippen LogP contribution in [0.5, 0.6) is 0 Å². The molecule has 7 rings (SSSR count). The van der Waals surface area contributed by atoms with Crippen LogP contribution < -0.4 is 4.90 Å². The molecule has 0 radical (unpaired) electrons. The van der Waals surface area contributed by atoms with Gasteiger partial charge in [0, 0.05) is 86.2 Å². The molecular formula is C36H42F4N8O2S. The minimum atomic E-state index is -4.52. The number of halogens is 4. The second-order valence-electron chi connectivity index (χ2n) is 14.7. The van der Waals surface area contributed by atoms with Gasteiger partial charge in [-0.3, -0.25) is 9.80 Å². The van der Waals surface area contributed by atoms with Gasteiger partial charge in [0.2, 0.25) is 10.0 Å². The van der Waals surface area contributed by atoms with Crippen LogP contribution in [0.4, 0.5) is 23.4 Å². The minimum absolute atomic E-state index is 0.0919. The Balaban J connectivity index is 0.987. The molecular weight excluding hydrogens is 685 g/mol. The fraction of sp³-hybridized carbons (Fsp3) is 0.528. The van der Waals surface area contributed by atoms with Crippen LogP contribution in [0, 0.1) is 29.5 Å². The van der Waals surface area contributed by atoms with E-state index in [4.69, 9.17) is 0 Å². The molecule has 3 aliphatic rings. The molecule has 51 heavy (non-hydrogen) atoms. The van der Waals surface area contributed by atoms with Crippen LogP contribution in [0.15, 0.2) is 36.7 Å². The van der Waals surface area contributed by atoms with Gasteiger partial charge in [-0.05, 0) is 74.7 Å². The second kappa shape index (κ2) is 13.3. The number of nitrogens with zero attached hydrogens (tertiary/aromatic N) is 8. The zero-order valence-electron chi connectivity index (χ0n) is 29.0. The second-order valence-corrected chi connectivity index (χ2v) is 16.6. The molecule has 4 aromatic rings. The van der Waals surface area contributed by atoms with Crippen LogP contribution in [0.1, 0.15) is 42.1 Å². The lowest BCUT2D eigenvalue weighted by Crippen LogP contribution is -2.60. The van der Waals surface area contributed by atoms with E-state index in [-0.39, 0.29) is 11.5 Å². The molecule has 10 nitrogen and oxygen atoms in total. The summed E-state index contributed by atoms with van der Waals surface area (Å²) >= 11 is 0. The Labute approximate surface area is 295 Å². The van der Waals surface area contributed by atoms with E-state index in [1.165, 1.54) is 28.5 Å². The number of anilines is 1. The van der Waals surface area contributed by atoms with Gasteiger partial charge < -0.3 is 9.47 Å². The largest absolute Gasteiger partial charge is 0.393 e. The summed E-state index contributed by atoms with van der Waals surface area (Å²) in [4.78, 5) is 15.3. The van der Waals surface area contributed by atoms with Gasteiger partial charge in [0.1, 0.15) is 29.7 Å². The Hall–Kier alpha value is -3.84. The van der Waals surface area contributed by atoms with Crippen molar-refractivity contribution in [2.75, 3.05) is 63.5 Å². The van der Waals surface area contributed by atoms with Crippen LogP contribution in [0.25, 0.3) is 21.8 Å². The number of sulfonamides is 1. The molecule has 5 heterocycles. The summed E-state index contributed by atoms with van der Waals surface area (Å²) in [6.45, 7) is 11.2. The summed E-state index contributed by atoms with van der Waals surface area (Å²) in [6, 6.07) is 11.1. The zero-order chi connectivity index (χ0) is 36.3. The number of aryl methyl sites for hydroxylation is 1. The number of fused-ring (bicyclic) bond motifs is 2. The van der Waals surface area contributed by atoms with Crippen molar-refractivity contribution in [3.05, 3.63) is 64.9 Å². The summed E-state index contributed by atoms with van der Waals surface area (Å²) in [5.74, 6) is -0.365. The molecule has 1 atom stereocenters. The van der Waals surface area contributed by atoms with Crippen molar-refractivity contribution in [2.45, 2.75) is 58.4 Å². The SMILES string of the molecule is Cc1c(CN2CCC3(CC2)CN(c2ncnc4cc(F)c(CC(F)(F)F)cc24)C3)ccc2c1cc(C#N)n2CC(C)N1CCN(S(C)(=O)=O)CC1. The third kappa shape index (κ3) is 7.16. The zero-order valence-corrected chi connectivity index (χ0v) is 29.9. The van der Waals surface area contributed by atoms with E-state index < -0.39 is 34.0 Å². The number of hydrogen-bond acceptors (Lipinski definition) is 8. The number of hydrogen-bond donors (Lipinski definition) is 0. The molecule has 1 unspecified atom stereocenters. The quantitative estimate of drug-likeness (QED) is 0.232. The van der Waals surface area contributed by atoms with Crippen molar-refractivity contribution in [3.8, 4) is 6.07 Å². The molecule has 15 heteroatoms. The summed E-state index contributed by atoms with van der Waals surface area (Å²) < 4.78 is 81.2. The van der Waals surface area contributed by atoms with Crippen molar-refractivity contribution in [2.24, 2.45) is 5.41 Å². The van der Waals surface area contributed by atoms with E-state index in [0.717, 1.165) is 68.1 Å². The Kier molecular flexibility index (Phi) is 9.27. The number of piperidine rings is 1. The number of benzene rings is 2. The van der Waals surface area contributed by atoms with E-state index in [1.54, 1.807) is 0 Å². The molecule has 3 saturated heterocycles. The first-order valence-corrected chi connectivity index (χ1v) is 19.2. The van der Waals surface area contributed by atoms with Gasteiger partial charge >= 0.3 is 6.18 Å². The van der Waals surface area contributed by atoms with Gasteiger partial charge in [0.15, 0.2) is 0 Å². The fourth-order valence-electron chi connectivity index (χ4n) is 8.21. The fourth-order valence-corrected chi connectivity index (χ4v) is 9.03. The summed E-state index contributed by atoms with van der Waals surface area (Å²) in [7, 11) is -3.20. The molecule has 0 bridgehead atoms. The molecule has 0 amide bonds. The molecule has 1 spiro atoms. The number of rotatable bonds is 8. The highest BCUT2D eigenvalue weighted by atomic mass is 32.2. The Morgan fingerprint density at radius 2 is 1.69 bits per heavy atom. The minimum Gasteiger partial charge on any atom is -0.355 e. The molecule has 3 aliphatic heterocycles. The van der Waals surface area contributed by atoms with E-state index in [0.29, 0.717) is 55.1 Å². The first kappa shape index (κ1) is 35.6.